The fourth-order valence-corrected chi connectivity index (χ4v) is 3.49. The third-order valence-corrected chi connectivity index (χ3v) is 4.43. The molecule has 0 aromatic carbocycles. The molecule has 2 heterocycles. The lowest BCUT2D eigenvalue weighted by molar-refractivity contribution is 0.0200. The highest BCUT2D eigenvalue weighted by Gasteiger charge is 2.31. The van der Waals surface area contributed by atoms with Crippen LogP contribution in [0.25, 0.3) is 0 Å². The Balaban J connectivity index is 2.16. The molecule has 0 unspecified atom stereocenters. The Hall–Kier alpha value is -0.0400. The number of hydrogen-bond donors (Lipinski definition) is 1. The Morgan fingerprint density at radius 2 is 2.06 bits per heavy atom. The van der Waals surface area contributed by atoms with Crippen LogP contribution in [0, 0.1) is 0 Å². The van der Waals surface area contributed by atoms with Crippen LogP contribution in [0.5, 0.6) is 0 Å². The lowest BCUT2D eigenvalue weighted by atomic mass is 10.2. The molecule has 1 aromatic heterocycles. The Labute approximate surface area is 106 Å². The van der Waals surface area contributed by atoms with E-state index in [2.05, 4.69) is 21.2 Å². The summed E-state index contributed by atoms with van der Waals surface area (Å²) in [6.07, 6.45) is -2.33. The number of rotatable bonds is 3. The van der Waals surface area contributed by atoms with Gasteiger partial charge in [-0.05, 0) is 22.0 Å². The van der Waals surface area contributed by atoms with Crippen molar-refractivity contribution in [1.82, 2.24) is 10.2 Å². The second kappa shape index (κ2) is 5.53. The van der Waals surface area contributed by atoms with Gasteiger partial charge in [-0.3, -0.25) is 4.90 Å². The van der Waals surface area contributed by atoms with E-state index in [1.807, 2.05) is 10.3 Å². The molecule has 2 nitrogen and oxygen atoms in total. The summed E-state index contributed by atoms with van der Waals surface area (Å²) < 4.78 is 27.1. The van der Waals surface area contributed by atoms with Gasteiger partial charge in [0, 0.05) is 40.9 Å². The van der Waals surface area contributed by atoms with Crippen molar-refractivity contribution in [2.24, 2.45) is 0 Å². The maximum absolute atomic E-state index is 13.1. The monoisotopic (exact) mass is 310 g/mol. The van der Waals surface area contributed by atoms with Crippen LogP contribution in [0.4, 0.5) is 8.78 Å². The minimum absolute atomic E-state index is 0.685. The molecular formula is C10H13BrF2N2S. The quantitative estimate of drug-likeness (QED) is 0.923. The number of piperazine rings is 1. The predicted octanol–water partition coefficient (Wildman–Crippen LogP) is 2.72. The standard InChI is InChI=1S/C10H13BrF2N2S/c11-7-5-8(16-6-7)9(10(12)13)15-3-1-14-2-4-15/h5-6,9-10,14H,1-4H2/t9-/m1/s1. The minimum Gasteiger partial charge on any atom is -0.314 e. The van der Waals surface area contributed by atoms with Crippen LogP contribution >= 0.6 is 27.3 Å². The van der Waals surface area contributed by atoms with Crippen molar-refractivity contribution in [3.05, 3.63) is 20.8 Å². The first-order chi connectivity index (χ1) is 7.68. The van der Waals surface area contributed by atoms with Gasteiger partial charge >= 0.3 is 0 Å². The van der Waals surface area contributed by atoms with E-state index in [0.717, 1.165) is 22.4 Å². The highest BCUT2D eigenvalue weighted by Crippen LogP contribution is 2.33. The molecule has 6 heteroatoms. The SMILES string of the molecule is FC(F)[C@@H](c1cc(Br)cs1)N1CCNCC1. The summed E-state index contributed by atoms with van der Waals surface area (Å²) in [5.74, 6) is 0. The molecule has 1 aliphatic heterocycles. The number of nitrogens with zero attached hydrogens (tertiary/aromatic N) is 1. The molecule has 1 aromatic rings. The summed E-state index contributed by atoms with van der Waals surface area (Å²) in [7, 11) is 0. The molecule has 1 fully saturated rings. The predicted molar refractivity (Wildman–Crippen MR) is 65.2 cm³/mol. The molecule has 0 spiro atoms. The van der Waals surface area contributed by atoms with Gasteiger partial charge in [-0.1, -0.05) is 0 Å². The van der Waals surface area contributed by atoms with Crippen molar-refractivity contribution in [2.45, 2.75) is 12.5 Å². The zero-order valence-electron chi connectivity index (χ0n) is 8.63. The Kier molecular flexibility index (Phi) is 4.29. The van der Waals surface area contributed by atoms with E-state index >= 15 is 0 Å². The third kappa shape index (κ3) is 2.80. The van der Waals surface area contributed by atoms with Gasteiger partial charge in [-0.15, -0.1) is 11.3 Å². The lowest BCUT2D eigenvalue weighted by Gasteiger charge is -2.33. The van der Waals surface area contributed by atoms with Gasteiger partial charge in [-0.2, -0.15) is 0 Å². The van der Waals surface area contributed by atoms with Crippen LogP contribution in [0.3, 0.4) is 0 Å². The van der Waals surface area contributed by atoms with E-state index in [1.165, 1.54) is 11.3 Å². The third-order valence-electron chi connectivity index (χ3n) is 2.66. The van der Waals surface area contributed by atoms with Crippen LogP contribution in [-0.4, -0.2) is 37.5 Å². The second-order valence-electron chi connectivity index (χ2n) is 3.73. The summed E-state index contributed by atoms with van der Waals surface area (Å²) in [6, 6.07) is 1.04. The first-order valence-electron chi connectivity index (χ1n) is 5.15. The maximum atomic E-state index is 13.1. The summed E-state index contributed by atoms with van der Waals surface area (Å²) >= 11 is 4.70. The van der Waals surface area contributed by atoms with Gasteiger partial charge in [0.25, 0.3) is 6.43 Å². The zero-order chi connectivity index (χ0) is 11.5. The van der Waals surface area contributed by atoms with E-state index in [1.54, 1.807) is 6.07 Å². The molecule has 1 N–H and O–H groups in total. The van der Waals surface area contributed by atoms with Crippen molar-refractivity contribution < 1.29 is 8.78 Å². The molecule has 0 bridgehead atoms. The number of nitrogens with one attached hydrogen (secondary N) is 1. The average Bonchev–Trinajstić information content (AvgIpc) is 2.66. The maximum Gasteiger partial charge on any atom is 0.258 e. The number of halogens is 3. The summed E-state index contributed by atoms with van der Waals surface area (Å²) in [5, 5.41) is 5.03. The van der Waals surface area contributed by atoms with E-state index in [9.17, 15) is 8.78 Å². The molecule has 1 saturated heterocycles. The molecule has 1 atom stereocenters. The van der Waals surface area contributed by atoms with Gasteiger partial charge in [0.2, 0.25) is 0 Å². The van der Waals surface area contributed by atoms with E-state index < -0.39 is 12.5 Å². The van der Waals surface area contributed by atoms with Crippen LogP contribution in [0.1, 0.15) is 10.9 Å². The first-order valence-corrected chi connectivity index (χ1v) is 6.82. The number of hydrogen-bond acceptors (Lipinski definition) is 3. The van der Waals surface area contributed by atoms with Crippen molar-refractivity contribution in [2.75, 3.05) is 26.2 Å². The van der Waals surface area contributed by atoms with Gasteiger partial charge in [0.1, 0.15) is 6.04 Å². The summed E-state index contributed by atoms with van der Waals surface area (Å²) in [5.41, 5.74) is 0. The molecule has 16 heavy (non-hydrogen) atoms. The normalized spacial score (nSPS) is 20.2. The molecule has 1 aliphatic rings. The Morgan fingerprint density at radius 3 is 2.56 bits per heavy atom. The Bertz CT molecular complexity index is 339. The van der Waals surface area contributed by atoms with Crippen LogP contribution in [-0.2, 0) is 0 Å². The average molecular weight is 311 g/mol. The van der Waals surface area contributed by atoms with Crippen LogP contribution < -0.4 is 5.32 Å². The highest BCUT2D eigenvalue weighted by molar-refractivity contribution is 9.10. The number of thiophene rings is 1. The second-order valence-corrected chi connectivity index (χ2v) is 5.59. The van der Waals surface area contributed by atoms with E-state index in [0.29, 0.717) is 13.1 Å². The molecule has 90 valence electrons. The topological polar surface area (TPSA) is 15.3 Å². The molecule has 0 aliphatic carbocycles. The fourth-order valence-electron chi connectivity index (χ4n) is 1.91. The van der Waals surface area contributed by atoms with Gasteiger partial charge < -0.3 is 5.32 Å². The highest BCUT2D eigenvalue weighted by atomic mass is 79.9. The molecule has 2 rings (SSSR count). The molecule has 0 saturated carbocycles. The van der Waals surface area contributed by atoms with Crippen molar-refractivity contribution >= 4 is 27.3 Å². The molecule has 0 radical (unpaired) electrons. The zero-order valence-corrected chi connectivity index (χ0v) is 11.0. The molecule has 0 amide bonds. The van der Waals surface area contributed by atoms with Gasteiger partial charge in [0.15, 0.2) is 0 Å². The van der Waals surface area contributed by atoms with Gasteiger partial charge in [0.05, 0.1) is 0 Å². The van der Waals surface area contributed by atoms with Gasteiger partial charge in [-0.25, -0.2) is 8.78 Å². The summed E-state index contributed by atoms with van der Waals surface area (Å²) in [6.45, 7) is 2.95. The summed E-state index contributed by atoms with van der Waals surface area (Å²) in [4.78, 5) is 2.60. The number of alkyl halides is 2. The largest absolute Gasteiger partial charge is 0.314 e. The smallest absolute Gasteiger partial charge is 0.258 e. The van der Waals surface area contributed by atoms with E-state index in [4.69, 9.17) is 0 Å². The van der Waals surface area contributed by atoms with Crippen LogP contribution in [0.15, 0.2) is 15.9 Å². The van der Waals surface area contributed by atoms with E-state index in [-0.39, 0.29) is 0 Å². The Morgan fingerprint density at radius 1 is 1.38 bits per heavy atom. The first kappa shape index (κ1) is 12.4. The fraction of sp³-hybridized carbons (Fsp3) is 0.600. The minimum atomic E-state index is -2.33. The van der Waals surface area contributed by atoms with Crippen molar-refractivity contribution in [3.63, 3.8) is 0 Å². The lowest BCUT2D eigenvalue weighted by Crippen LogP contribution is -2.46. The van der Waals surface area contributed by atoms with Crippen LogP contribution in [0.2, 0.25) is 0 Å². The molecular weight excluding hydrogens is 298 g/mol. The van der Waals surface area contributed by atoms with Crippen molar-refractivity contribution in [3.8, 4) is 0 Å². The van der Waals surface area contributed by atoms with Crippen molar-refractivity contribution in [1.29, 1.82) is 0 Å².